The number of aromatic amines is 1. The maximum Gasteiger partial charge on any atom is 0.160 e. The number of rotatable bonds is 4. The van der Waals surface area contributed by atoms with Gasteiger partial charge in [0.2, 0.25) is 0 Å². The van der Waals surface area contributed by atoms with Crippen molar-refractivity contribution in [2.45, 2.75) is 44.7 Å². The van der Waals surface area contributed by atoms with E-state index in [-0.39, 0.29) is 5.82 Å². The van der Waals surface area contributed by atoms with Crippen LogP contribution in [0.2, 0.25) is 0 Å². The molecular weight excluding hydrogens is 405 g/mol. The Morgan fingerprint density at radius 3 is 2.62 bits per heavy atom. The van der Waals surface area contributed by atoms with Gasteiger partial charge in [-0.25, -0.2) is 4.39 Å². The fourth-order valence-corrected chi connectivity index (χ4v) is 5.12. The Balaban J connectivity index is 1.40. The Morgan fingerprint density at radius 1 is 1.09 bits per heavy atom. The molecule has 2 atom stereocenters. The van der Waals surface area contributed by atoms with Gasteiger partial charge in [0.25, 0.3) is 0 Å². The molecule has 1 saturated heterocycles. The number of halogens is 1. The first kappa shape index (κ1) is 19.5. The zero-order valence-electron chi connectivity index (χ0n) is 18.6. The molecule has 7 nitrogen and oxygen atoms in total. The van der Waals surface area contributed by atoms with E-state index in [9.17, 15) is 4.39 Å². The first-order valence-corrected chi connectivity index (χ1v) is 11.4. The van der Waals surface area contributed by atoms with E-state index in [0.29, 0.717) is 29.2 Å². The molecule has 0 spiro atoms. The van der Waals surface area contributed by atoms with Crippen molar-refractivity contribution < 1.29 is 4.39 Å². The molecule has 2 aliphatic rings. The van der Waals surface area contributed by atoms with Gasteiger partial charge in [0.1, 0.15) is 5.52 Å². The monoisotopic (exact) mass is 433 g/mol. The van der Waals surface area contributed by atoms with Crippen molar-refractivity contribution in [3.63, 3.8) is 0 Å². The SMILES string of the molecule is C[C@H]1CN(c2cc(C3CC3)c3c(Nc4cc(F)c5nn(C)cc5c4)n[nH]c3c2)C[C@H](C)N1. The number of aryl methyl sites for hydroxylation is 1. The van der Waals surface area contributed by atoms with Gasteiger partial charge in [-0.1, -0.05) is 0 Å². The van der Waals surface area contributed by atoms with E-state index in [4.69, 9.17) is 0 Å². The molecule has 166 valence electrons. The van der Waals surface area contributed by atoms with Crippen LogP contribution in [0.5, 0.6) is 0 Å². The summed E-state index contributed by atoms with van der Waals surface area (Å²) in [5.74, 6) is 0.973. The minimum Gasteiger partial charge on any atom is -0.368 e. The van der Waals surface area contributed by atoms with Crippen LogP contribution in [0, 0.1) is 5.82 Å². The van der Waals surface area contributed by atoms with Gasteiger partial charge < -0.3 is 15.5 Å². The topological polar surface area (TPSA) is 73.8 Å². The molecule has 0 unspecified atom stereocenters. The average molecular weight is 434 g/mol. The fraction of sp³-hybridized carbons (Fsp3) is 0.417. The lowest BCUT2D eigenvalue weighted by Gasteiger charge is -2.38. The average Bonchev–Trinajstić information content (AvgIpc) is 3.40. The van der Waals surface area contributed by atoms with Gasteiger partial charge in [-0.2, -0.15) is 10.2 Å². The van der Waals surface area contributed by atoms with Gasteiger partial charge in [0.15, 0.2) is 11.6 Å². The lowest BCUT2D eigenvalue weighted by atomic mass is 10.0. The van der Waals surface area contributed by atoms with Crippen molar-refractivity contribution in [1.29, 1.82) is 0 Å². The Kier molecular flexibility index (Phi) is 4.40. The van der Waals surface area contributed by atoms with E-state index in [1.54, 1.807) is 11.7 Å². The van der Waals surface area contributed by atoms with Crippen LogP contribution in [0.4, 0.5) is 21.6 Å². The van der Waals surface area contributed by atoms with E-state index >= 15 is 0 Å². The molecular formula is C24H28FN7. The number of anilines is 3. The standard InChI is InChI=1S/C24H28FN7/c1-13-10-32(11-14(2)26-13)18-8-19(15-4-5-15)22-21(9-18)28-29-24(22)27-17-6-16-12-31(3)30-23(16)20(25)7-17/h6-9,12-15,26H,4-5,10-11H2,1-3H3,(H2,27,28,29)/t13-,14-/m0/s1. The summed E-state index contributed by atoms with van der Waals surface area (Å²) in [5.41, 5.74) is 4.65. The van der Waals surface area contributed by atoms with Gasteiger partial charge in [-0.05, 0) is 62.4 Å². The normalized spacial score (nSPS) is 21.6. The summed E-state index contributed by atoms with van der Waals surface area (Å²) >= 11 is 0. The molecule has 0 amide bonds. The number of hydrogen-bond acceptors (Lipinski definition) is 5. The summed E-state index contributed by atoms with van der Waals surface area (Å²) < 4.78 is 16.2. The third kappa shape index (κ3) is 3.39. The van der Waals surface area contributed by atoms with E-state index in [1.165, 1.54) is 30.2 Å². The first-order valence-electron chi connectivity index (χ1n) is 11.4. The molecule has 2 fully saturated rings. The minimum absolute atomic E-state index is 0.336. The molecule has 3 heterocycles. The highest BCUT2D eigenvalue weighted by Gasteiger charge is 2.30. The highest BCUT2D eigenvalue weighted by atomic mass is 19.1. The minimum atomic E-state index is -0.336. The highest BCUT2D eigenvalue weighted by Crippen LogP contribution is 2.46. The van der Waals surface area contributed by atoms with Crippen LogP contribution in [0.25, 0.3) is 21.8 Å². The van der Waals surface area contributed by atoms with Gasteiger partial charge in [-0.15, -0.1) is 0 Å². The second-order valence-electron chi connectivity index (χ2n) is 9.50. The number of piperazine rings is 1. The third-order valence-corrected chi connectivity index (χ3v) is 6.56. The molecule has 3 N–H and O–H groups in total. The molecule has 8 heteroatoms. The van der Waals surface area contributed by atoms with E-state index in [2.05, 4.69) is 56.8 Å². The summed E-state index contributed by atoms with van der Waals surface area (Å²) in [6, 6.07) is 8.86. The van der Waals surface area contributed by atoms with Crippen LogP contribution in [-0.2, 0) is 7.05 Å². The van der Waals surface area contributed by atoms with E-state index in [1.807, 2.05) is 12.3 Å². The van der Waals surface area contributed by atoms with Crippen LogP contribution < -0.4 is 15.5 Å². The third-order valence-electron chi connectivity index (χ3n) is 6.56. The van der Waals surface area contributed by atoms with Crippen LogP contribution in [-0.4, -0.2) is 45.2 Å². The fourth-order valence-electron chi connectivity index (χ4n) is 5.12. The van der Waals surface area contributed by atoms with Crippen molar-refractivity contribution in [3.8, 4) is 0 Å². The molecule has 1 aliphatic heterocycles. The zero-order chi connectivity index (χ0) is 22.0. The lowest BCUT2D eigenvalue weighted by molar-refractivity contribution is 0.407. The number of nitrogens with one attached hydrogen (secondary N) is 3. The summed E-state index contributed by atoms with van der Waals surface area (Å²) in [7, 11) is 1.80. The largest absolute Gasteiger partial charge is 0.368 e. The number of aromatic nitrogens is 4. The number of fused-ring (bicyclic) bond motifs is 2. The van der Waals surface area contributed by atoms with Crippen molar-refractivity contribution in [2.24, 2.45) is 7.05 Å². The number of hydrogen-bond donors (Lipinski definition) is 3. The van der Waals surface area contributed by atoms with Crippen LogP contribution in [0.15, 0.2) is 30.5 Å². The Morgan fingerprint density at radius 2 is 1.88 bits per heavy atom. The van der Waals surface area contributed by atoms with Gasteiger partial charge in [0.05, 0.1) is 5.52 Å². The zero-order valence-corrected chi connectivity index (χ0v) is 18.6. The van der Waals surface area contributed by atoms with Crippen LogP contribution in [0.1, 0.15) is 38.2 Å². The summed E-state index contributed by atoms with van der Waals surface area (Å²) in [6.07, 6.45) is 4.23. The van der Waals surface area contributed by atoms with Gasteiger partial charge in [-0.3, -0.25) is 9.78 Å². The summed E-state index contributed by atoms with van der Waals surface area (Å²) in [6.45, 7) is 6.45. The Bertz CT molecular complexity index is 1310. The maximum atomic E-state index is 14.6. The molecule has 6 rings (SSSR count). The second-order valence-corrected chi connectivity index (χ2v) is 9.50. The van der Waals surface area contributed by atoms with E-state index in [0.717, 1.165) is 35.2 Å². The molecule has 4 aromatic rings. The van der Waals surface area contributed by atoms with Gasteiger partial charge in [0, 0.05) is 60.6 Å². The van der Waals surface area contributed by atoms with Gasteiger partial charge >= 0.3 is 0 Å². The molecule has 1 aliphatic carbocycles. The van der Waals surface area contributed by atoms with Crippen molar-refractivity contribution in [1.82, 2.24) is 25.3 Å². The quantitative estimate of drug-likeness (QED) is 0.445. The number of benzene rings is 2. The van der Waals surface area contributed by atoms with Crippen molar-refractivity contribution >= 4 is 39.0 Å². The summed E-state index contributed by atoms with van der Waals surface area (Å²) in [5, 5.41) is 20.8. The van der Waals surface area contributed by atoms with Crippen LogP contribution >= 0.6 is 0 Å². The molecule has 32 heavy (non-hydrogen) atoms. The summed E-state index contributed by atoms with van der Waals surface area (Å²) in [4.78, 5) is 2.47. The molecule has 0 bridgehead atoms. The molecule has 0 radical (unpaired) electrons. The lowest BCUT2D eigenvalue weighted by Crippen LogP contribution is -2.54. The highest BCUT2D eigenvalue weighted by molar-refractivity contribution is 5.97. The van der Waals surface area contributed by atoms with E-state index < -0.39 is 0 Å². The molecule has 2 aromatic carbocycles. The number of nitrogens with zero attached hydrogens (tertiary/aromatic N) is 4. The maximum absolute atomic E-state index is 14.6. The Labute approximate surface area is 186 Å². The van der Waals surface area contributed by atoms with Crippen molar-refractivity contribution in [2.75, 3.05) is 23.3 Å². The first-order chi connectivity index (χ1) is 15.4. The Hall–Kier alpha value is -3.13. The smallest absolute Gasteiger partial charge is 0.160 e. The second kappa shape index (κ2) is 7.20. The van der Waals surface area contributed by atoms with Crippen LogP contribution in [0.3, 0.4) is 0 Å². The van der Waals surface area contributed by atoms with Crippen molar-refractivity contribution in [3.05, 3.63) is 41.8 Å². The number of H-pyrrole nitrogens is 1. The molecule has 1 saturated carbocycles. The predicted octanol–water partition coefficient (Wildman–Crippen LogP) is 4.40. The predicted molar refractivity (Wildman–Crippen MR) is 126 cm³/mol. The molecule has 2 aromatic heterocycles.